The second-order valence-electron chi connectivity index (χ2n) is 5.57. The van der Waals surface area contributed by atoms with Gasteiger partial charge in [0.25, 0.3) is 0 Å². The molecule has 10 heteroatoms. The molecular formula is C16H17N7O3. The summed E-state index contributed by atoms with van der Waals surface area (Å²) in [5.41, 5.74) is 2.69. The van der Waals surface area contributed by atoms with E-state index in [4.69, 9.17) is 4.74 Å². The number of amides is 1. The number of ether oxygens (including phenoxy) is 1. The van der Waals surface area contributed by atoms with E-state index in [1.165, 1.54) is 22.8 Å². The van der Waals surface area contributed by atoms with Gasteiger partial charge >= 0.3 is 5.97 Å². The molecule has 0 aliphatic rings. The minimum atomic E-state index is -0.561. The highest BCUT2D eigenvalue weighted by Gasteiger charge is 2.22. The van der Waals surface area contributed by atoms with Crippen molar-refractivity contribution in [1.82, 2.24) is 30.0 Å². The molecule has 0 fully saturated rings. The lowest BCUT2D eigenvalue weighted by Crippen LogP contribution is -2.18. The molecule has 2 heterocycles. The van der Waals surface area contributed by atoms with Gasteiger partial charge in [0.15, 0.2) is 5.69 Å². The average Bonchev–Trinajstić information content (AvgIpc) is 3.24. The number of nitrogens with zero attached hydrogens (tertiary/aromatic N) is 6. The Labute approximate surface area is 148 Å². The summed E-state index contributed by atoms with van der Waals surface area (Å²) in [7, 11) is 2.90. The first-order valence-electron chi connectivity index (χ1n) is 7.73. The summed E-state index contributed by atoms with van der Waals surface area (Å²) >= 11 is 0. The van der Waals surface area contributed by atoms with Gasteiger partial charge in [-0.25, -0.2) is 9.48 Å². The summed E-state index contributed by atoms with van der Waals surface area (Å²) in [6, 6.07) is 7.25. The standard InChI is InChI=1S/C16H17N7O3/c1-10-14(15(16(25)26-3)22(2)19-10)18-13(24)8-11-4-6-12(7-5-11)23-9-17-20-21-23/h4-7,9H,8H2,1-3H3,(H,18,24). The summed E-state index contributed by atoms with van der Waals surface area (Å²) < 4.78 is 7.66. The Morgan fingerprint density at radius 3 is 2.58 bits per heavy atom. The lowest BCUT2D eigenvalue weighted by molar-refractivity contribution is -0.115. The number of tetrazole rings is 1. The number of nitrogens with one attached hydrogen (secondary N) is 1. The third-order valence-corrected chi connectivity index (χ3v) is 3.78. The number of rotatable bonds is 5. The summed E-state index contributed by atoms with van der Waals surface area (Å²) in [5, 5.41) is 17.9. The first-order valence-corrected chi connectivity index (χ1v) is 7.73. The Morgan fingerprint density at radius 2 is 1.96 bits per heavy atom. The summed E-state index contributed by atoms with van der Waals surface area (Å²) in [6.07, 6.45) is 1.63. The molecule has 0 radical (unpaired) electrons. The number of aryl methyl sites for hydroxylation is 2. The monoisotopic (exact) mass is 355 g/mol. The number of carbonyl (C=O) groups is 2. The van der Waals surface area contributed by atoms with Crippen LogP contribution in [0, 0.1) is 6.92 Å². The predicted octanol–water partition coefficient (Wildman–Crippen LogP) is 0.672. The van der Waals surface area contributed by atoms with E-state index in [-0.39, 0.29) is 18.0 Å². The largest absolute Gasteiger partial charge is 0.464 e. The van der Waals surface area contributed by atoms with Gasteiger partial charge < -0.3 is 10.1 Å². The second-order valence-corrected chi connectivity index (χ2v) is 5.57. The number of aromatic nitrogens is 6. The highest BCUT2D eigenvalue weighted by molar-refractivity contribution is 6.01. The molecule has 0 unspecified atom stereocenters. The first kappa shape index (κ1) is 17.3. The molecule has 0 saturated heterocycles. The van der Waals surface area contributed by atoms with E-state index in [9.17, 15) is 9.59 Å². The molecule has 3 aromatic rings. The molecule has 1 aromatic carbocycles. The maximum atomic E-state index is 12.4. The maximum Gasteiger partial charge on any atom is 0.358 e. The van der Waals surface area contributed by atoms with Gasteiger partial charge in [-0.3, -0.25) is 9.48 Å². The van der Waals surface area contributed by atoms with Crippen molar-refractivity contribution in [1.29, 1.82) is 0 Å². The molecule has 0 atom stereocenters. The van der Waals surface area contributed by atoms with Crippen LogP contribution in [0.25, 0.3) is 5.69 Å². The fourth-order valence-electron chi connectivity index (χ4n) is 2.55. The van der Waals surface area contributed by atoms with Gasteiger partial charge in [-0.2, -0.15) is 5.10 Å². The van der Waals surface area contributed by atoms with Gasteiger partial charge in [0.1, 0.15) is 6.33 Å². The average molecular weight is 355 g/mol. The van der Waals surface area contributed by atoms with Crippen LogP contribution in [-0.4, -0.2) is 49.0 Å². The van der Waals surface area contributed by atoms with Gasteiger partial charge in [-0.15, -0.1) is 5.10 Å². The van der Waals surface area contributed by atoms with E-state index in [0.29, 0.717) is 11.4 Å². The highest BCUT2D eigenvalue weighted by atomic mass is 16.5. The van der Waals surface area contributed by atoms with E-state index in [2.05, 4.69) is 25.9 Å². The second kappa shape index (κ2) is 7.13. The fourth-order valence-corrected chi connectivity index (χ4v) is 2.55. The maximum absolute atomic E-state index is 12.4. The van der Waals surface area contributed by atoms with Crippen molar-refractivity contribution in [2.24, 2.45) is 7.05 Å². The Balaban J connectivity index is 1.73. The van der Waals surface area contributed by atoms with Crippen molar-refractivity contribution in [3.63, 3.8) is 0 Å². The van der Waals surface area contributed by atoms with Crippen LogP contribution < -0.4 is 5.32 Å². The van der Waals surface area contributed by atoms with E-state index < -0.39 is 5.97 Å². The molecule has 134 valence electrons. The number of carbonyl (C=O) groups excluding carboxylic acids is 2. The van der Waals surface area contributed by atoms with E-state index >= 15 is 0 Å². The predicted molar refractivity (Wildman–Crippen MR) is 90.8 cm³/mol. The van der Waals surface area contributed by atoms with Crippen LogP contribution in [0.1, 0.15) is 21.7 Å². The van der Waals surface area contributed by atoms with Gasteiger partial charge in [-0.05, 0) is 35.0 Å². The number of hydrogen-bond acceptors (Lipinski definition) is 7. The van der Waals surface area contributed by atoms with Gasteiger partial charge in [0, 0.05) is 7.05 Å². The highest BCUT2D eigenvalue weighted by Crippen LogP contribution is 2.21. The number of benzene rings is 1. The van der Waals surface area contributed by atoms with Crippen LogP contribution in [0.3, 0.4) is 0 Å². The van der Waals surface area contributed by atoms with Gasteiger partial charge in [-0.1, -0.05) is 12.1 Å². The van der Waals surface area contributed by atoms with Crippen LogP contribution in [0.5, 0.6) is 0 Å². The van der Waals surface area contributed by atoms with Gasteiger partial charge in [0.2, 0.25) is 5.91 Å². The Bertz CT molecular complexity index is 930. The minimum Gasteiger partial charge on any atom is -0.464 e. The zero-order valence-electron chi connectivity index (χ0n) is 14.5. The lowest BCUT2D eigenvalue weighted by atomic mass is 10.1. The molecular weight excluding hydrogens is 338 g/mol. The topological polar surface area (TPSA) is 117 Å². The van der Waals surface area contributed by atoms with Crippen molar-refractivity contribution in [2.75, 3.05) is 12.4 Å². The lowest BCUT2D eigenvalue weighted by Gasteiger charge is -2.08. The molecule has 3 rings (SSSR count). The van der Waals surface area contributed by atoms with Crippen molar-refractivity contribution in [3.8, 4) is 5.69 Å². The quantitative estimate of drug-likeness (QED) is 0.669. The van der Waals surface area contributed by atoms with E-state index in [0.717, 1.165) is 11.3 Å². The van der Waals surface area contributed by atoms with Crippen LogP contribution in [0.4, 0.5) is 5.69 Å². The molecule has 0 bridgehead atoms. The number of anilines is 1. The third-order valence-electron chi connectivity index (χ3n) is 3.78. The molecule has 2 aromatic heterocycles. The summed E-state index contributed by atoms with van der Waals surface area (Å²) in [4.78, 5) is 24.3. The van der Waals surface area contributed by atoms with Crippen molar-refractivity contribution < 1.29 is 14.3 Å². The van der Waals surface area contributed by atoms with Crippen LogP contribution >= 0.6 is 0 Å². The van der Waals surface area contributed by atoms with Gasteiger partial charge in [0.05, 0.1) is 30.6 Å². The van der Waals surface area contributed by atoms with Crippen molar-refractivity contribution >= 4 is 17.6 Å². The minimum absolute atomic E-state index is 0.144. The van der Waals surface area contributed by atoms with E-state index in [1.54, 1.807) is 14.0 Å². The normalized spacial score (nSPS) is 10.6. The molecule has 10 nitrogen and oxygen atoms in total. The third kappa shape index (κ3) is 3.43. The molecule has 1 N–H and O–H groups in total. The molecule has 0 spiro atoms. The Kier molecular flexibility index (Phi) is 4.74. The van der Waals surface area contributed by atoms with Crippen LogP contribution in [0.15, 0.2) is 30.6 Å². The summed E-state index contributed by atoms with van der Waals surface area (Å²) in [6.45, 7) is 1.71. The smallest absolute Gasteiger partial charge is 0.358 e. The Morgan fingerprint density at radius 1 is 1.23 bits per heavy atom. The number of hydrogen-bond donors (Lipinski definition) is 1. The molecule has 0 saturated carbocycles. The van der Waals surface area contributed by atoms with Crippen LogP contribution in [-0.2, 0) is 23.0 Å². The first-order chi connectivity index (χ1) is 12.5. The number of methoxy groups -OCH3 is 1. The zero-order chi connectivity index (χ0) is 18.7. The van der Waals surface area contributed by atoms with Crippen molar-refractivity contribution in [3.05, 3.63) is 47.5 Å². The summed E-state index contributed by atoms with van der Waals surface area (Å²) in [5.74, 6) is -0.823. The molecule has 0 aliphatic carbocycles. The van der Waals surface area contributed by atoms with Crippen LogP contribution in [0.2, 0.25) is 0 Å². The Hall–Kier alpha value is -3.56. The van der Waals surface area contributed by atoms with Crippen molar-refractivity contribution in [2.45, 2.75) is 13.3 Å². The molecule has 0 aliphatic heterocycles. The molecule has 1 amide bonds. The van der Waals surface area contributed by atoms with E-state index in [1.807, 2.05) is 24.3 Å². The number of esters is 1. The molecule has 26 heavy (non-hydrogen) atoms. The fraction of sp³-hybridized carbons (Fsp3) is 0.250. The SMILES string of the molecule is COC(=O)c1c(NC(=O)Cc2ccc(-n3cnnn3)cc2)c(C)nn1C. The zero-order valence-corrected chi connectivity index (χ0v) is 14.5.